The Balaban J connectivity index is 1.68. The van der Waals surface area contributed by atoms with Crippen molar-refractivity contribution in [2.45, 2.75) is 38.3 Å². The largest absolute Gasteiger partial charge is 0.296 e. The molecule has 1 aliphatic rings. The minimum Gasteiger partial charge on any atom is -0.296 e. The molecule has 2 heteroatoms. The van der Waals surface area contributed by atoms with Gasteiger partial charge in [0.25, 0.3) is 0 Å². The molecule has 2 aromatic carbocycles. The summed E-state index contributed by atoms with van der Waals surface area (Å²) in [6.07, 6.45) is 4.96. The molecule has 3 rings (SSSR count). The fourth-order valence-electron chi connectivity index (χ4n) is 3.21. The van der Waals surface area contributed by atoms with Crippen molar-refractivity contribution in [2.75, 3.05) is 6.54 Å². The average Bonchev–Trinajstić information content (AvgIpc) is 2.52. The van der Waals surface area contributed by atoms with E-state index in [2.05, 4.69) is 35.2 Å². The third kappa shape index (κ3) is 3.92. The van der Waals surface area contributed by atoms with Gasteiger partial charge in [-0.1, -0.05) is 48.9 Å². The Hall–Kier alpha value is -1.67. The summed E-state index contributed by atoms with van der Waals surface area (Å²) in [5, 5.41) is 0. The minimum atomic E-state index is -0.154. The summed E-state index contributed by atoms with van der Waals surface area (Å²) >= 11 is 0. The molecule has 2 aromatic rings. The zero-order chi connectivity index (χ0) is 14.5. The Labute approximate surface area is 126 Å². The average molecular weight is 283 g/mol. The van der Waals surface area contributed by atoms with E-state index in [4.69, 9.17) is 0 Å². The summed E-state index contributed by atoms with van der Waals surface area (Å²) in [4.78, 5) is 2.56. The van der Waals surface area contributed by atoms with Gasteiger partial charge in [0.05, 0.1) is 0 Å². The second-order valence-corrected chi connectivity index (χ2v) is 5.94. The van der Waals surface area contributed by atoms with Gasteiger partial charge in [0.1, 0.15) is 5.82 Å². The normalized spacial score (nSPS) is 19.6. The van der Waals surface area contributed by atoms with Crippen LogP contribution in [0.4, 0.5) is 4.39 Å². The van der Waals surface area contributed by atoms with Crippen LogP contribution in [-0.4, -0.2) is 17.5 Å². The minimum absolute atomic E-state index is 0.154. The van der Waals surface area contributed by atoms with Gasteiger partial charge in [-0.3, -0.25) is 4.90 Å². The van der Waals surface area contributed by atoms with Gasteiger partial charge in [0.2, 0.25) is 0 Å². The lowest BCUT2D eigenvalue weighted by Crippen LogP contribution is -2.40. The van der Waals surface area contributed by atoms with Crippen LogP contribution < -0.4 is 0 Å². The number of likely N-dealkylation sites (tertiary alicyclic amines) is 1. The summed E-state index contributed by atoms with van der Waals surface area (Å²) in [5.41, 5.74) is 2.62. The molecule has 1 fully saturated rings. The molecule has 0 N–H and O–H groups in total. The van der Waals surface area contributed by atoms with Crippen LogP contribution in [0.5, 0.6) is 0 Å². The van der Waals surface area contributed by atoms with Crippen LogP contribution in [0.15, 0.2) is 54.6 Å². The third-order valence-electron chi connectivity index (χ3n) is 4.36. The predicted octanol–water partition coefficient (Wildman–Crippen LogP) is 4.42. The van der Waals surface area contributed by atoms with Crippen molar-refractivity contribution in [3.63, 3.8) is 0 Å². The maximum absolute atomic E-state index is 13.0. The van der Waals surface area contributed by atoms with E-state index < -0.39 is 0 Å². The highest BCUT2D eigenvalue weighted by Crippen LogP contribution is 2.22. The van der Waals surface area contributed by atoms with Crippen molar-refractivity contribution in [3.8, 4) is 0 Å². The first kappa shape index (κ1) is 14.3. The Kier molecular flexibility index (Phi) is 4.66. The number of benzene rings is 2. The zero-order valence-electron chi connectivity index (χ0n) is 12.3. The fraction of sp³-hybridized carbons (Fsp3) is 0.368. The lowest BCUT2D eigenvalue weighted by atomic mass is 9.95. The molecular formula is C19H22FN. The third-order valence-corrected chi connectivity index (χ3v) is 4.36. The summed E-state index contributed by atoms with van der Waals surface area (Å²) in [7, 11) is 0. The van der Waals surface area contributed by atoms with E-state index in [9.17, 15) is 4.39 Å². The monoisotopic (exact) mass is 283 g/mol. The van der Waals surface area contributed by atoms with Crippen LogP contribution in [-0.2, 0) is 13.0 Å². The fourth-order valence-corrected chi connectivity index (χ4v) is 3.21. The van der Waals surface area contributed by atoms with Crippen LogP contribution in [0.1, 0.15) is 30.4 Å². The highest BCUT2D eigenvalue weighted by Gasteiger charge is 2.22. The van der Waals surface area contributed by atoms with E-state index >= 15 is 0 Å². The topological polar surface area (TPSA) is 3.24 Å². The van der Waals surface area contributed by atoms with Crippen molar-refractivity contribution in [2.24, 2.45) is 0 Å². The summed E-state index contributed by atoms with van der Waals surface area (Å²) in [6.45, 7) is 2.08. The van der Waals surface area contributed by atoms with Gasteiger partial charge in [0.15, 0.2) is 0 Å². The molecule has 0 bridgehead atoms. The first-order valence-electron chi connectivity index (χ1n) is 7.84. The molecule has 1 heterocycles. The molecule has 1 unspecified atom stereocenters. The smallest absolute Gasteiger partial charge is 0.123 e. The van der Waals surface area contributed by atoms with E-state index in [0.717, 1.165) is 19.5 Å². The number of hydrogen-bond acceptors (Lipinski definition) is 1. The van der Waals surface area contributed by atoms with Crippen LogP contribution in [0.25, 0.3) is 0 Å². The number of piperidine rings is 1. The van der Waals surface area contributed by atoms with Crippen LogP contribution in [0.3, 0.4) is 0 Å². The lowest BCUT2D eigenvalue weighted by Gasteiger charge is -2.36. The Morgan fingerprint density at radius 3 is 2.43 bits per heavy atom. The summed E-state index contributed by atoms with van der Waals surface area (Å²) < 4.78 is 13.0. The molecule has 0 amide bonds. The zero-order valence-corrected chi connectivity index (χ0v) is 12.3. The van der Waals surface area contributed by atoms with E-state index in [1.165, 1.54) is 30.4 Å². The molecule has 1 atom stereocenters. The number of nitrogens with zero attached hydrogens (tertiary/aromatic N) is 1. The standard InChI is InChI=1S/C19H22FN/c20-18-11-9-17(10-12-18)15-21-13-5-4-8-19(21)14-16-6-2-1-3-7-16/h1-3,6-7,9-12,19H,4-5,8,13-15H2. The molecule has 0 aliphatic carbocycles. The quantitative estimate of drug-likeness (QED) is 0.802. The van der Waals surface area contributed by atoms with Crippen molar-refractivity contribution >= 4 is 0 Å². The molecule has 0 radical (unpaired) electrons. The van der Waals surface area contributed by atoms with Crippen LogP contribution in [0.2, 0.25) is 0 Å². The molecule has 0 saturated carbocycles. The van der Waals surface area contributed by atoms with Crippen LogP contribution in [0, 0.1) is 5.82 Å². The Morgan fingerprint density at radius 1 is 0.905 bits per heavy atom. The highest BCUT2D eigenvalue weighted by molar-refractivity contribution is 5.18. The predicted molar refractivity (Wildman–Crippen MR) is 84.6 cm³/mol. The van der Waals surface area contributed by atoms with E-state index in [1.54, 1.807) is 12.1 Å². The summed E-state index contributed by atoms with van der Waals surface area (Å²) in [6, 6.07) is 18.3. The maximum Gasteiger partial charge on any atom is 0.123 e. The summed E-state index contributed by atoms with van der Waals surface area (Å²) in [5.74, 6) is -0.154. The van der Waals surface area contributed by atoms with Gasteiger partial charge in [-0.25, -0.2) is 4.39 Å². The van der Waals surface area contributed by atoms with E-state index in [1.807, 2.05) is 12.1 Å². The molecule has 0 aromatic heterocycles. The lowest BCUT2D eigenvalue weighted by molar-refractivity contribution is 0.139. The Bertz CT molecular complexity index is 550. The molecule has 110 valence electrons. The molecule has 21 heavy (non-hydrogen) atoms. The van der Waals surface area contributed by atoms with E-state index in [0.29, 0.717) is 6.04 Å². The van der Waals surface area contributed by atoms with Gasteiger partial charge in [-0.15, -0.1) is 0 Å². The molecule has 1 aliphatic heterocycles. The molecular weight excluding hydrogens is 261 g/mol. The number of hydrogen-bond donors (Lipinski definition) is 0. The van der Waals surface area contributed by atoms with Crippen LogP contribution >= 0.6 is 0 Å². The van der Waals surface area contributed by atoms with Crippen molar-refractivity contribution in [1.82, 2.24) is 4.90 Å². The van der Waals surface area contributed by atoms with Gasteiger partial charge in [0, 0.05) is 12.6 Å². The Morgan fingerprint density at radius 2 is 1.67 bits per heavy atom. The first-order chi connectivity index (χ1) is 10.3. The number of rotatable bonds is 4. The molecule has 0 spiro atoms. The van der Waals surface area contributed by atoms with Crippen molar-refractivity contribution in [3.05, 3.63) is 71.5 Å². The van der Waals surface area contributed by atoms with Crippen molar-refractivity contribution < 1.29 is 4.39 Å². The van der Waals surface area contributed by atoms with Crippen molar-refractivity contribution in [1.29, 1.82) is 0 Å². The second-order valence-electron chi connectivity index (χ2n) is 5.94. The SMILES string of the molecule is Fc1ccc(CN2CCCCC2Cc2ccccc2)cc1. The van der Waals surface area contributed by atoms with Gasteiger partial charge < -0.3 is 0 Å². The second kappa shape index (κ2) is 6.86. The maximum atomic E-state index is 13.0. The molecule has 1 nitrogen and oxygen atoms in total. The van der Waals surface area contributed by atoms with Gasteiger partial charge in [-0.05, 0) is 49.1 Å². The van der Waals surface area contributed by atoms with Gasteiger partial charge in [-0.2, -0.15) is 0 Å². The molecule has 1 saturated heterocycles. The first-order valence-corrected chi connectivity index (χ1v) is 7.84. The highest BCUT2D eigenvalue weighted by atomic mass is 19.1. The van der Waals surface area contributed by atoms with Gasteiger partial charge >= 0.3 is 0 Å². The number of halogens is 1. The van der Waals surface area contributed by atoms with E-state index in [-0.39, 0.29) is 5.82 Å².